The standard InChI is InChI=1S/C18H18N2O5/c1-2-24-17(22)10-9-16(21)20-14-7-5-13(6-8-14)18(23)19-12-15-4-3-11-25-15/h3-11H,2,12H2,1H3,(H,19,23)(H,20,21)/b10-9+. The summed E-state index contributed by atoms with van der Waals surface area (Å²) in [5.41, 5.74) is 0.952. The number of hydrogen-bond acceptors (Lipinski definition) is 5. The predicted octanol–water partition coefficient (Wildman–Crippen LogP) is 2.27. The molecule has 0 aliphatic carbocycles. The first kappa shape index (κ1) is 18.0. The van der Waals surface area contributed by atoms with E-state index in [9.17, 15) is 14.4 Å². The van der Waals surface area contributed by atoms with Gasteiger partial charge in [0.05, 0.1) is 19.4 Å². The number of furan rings is 1. The predicted molar refractivity (Wildman–Crippen MR) is 90.7 cm³/mol. The normalized spacial score (nSPS) is 10.4. The molecular formula is C18H18N2O5. The molecule has 0 radical (unpaired) electrons. The average Bonchev–Trinajstić information content (AvgIpc) is 3.12. The van der Waals surface area contributed by atoms with Crippen LogP contribution in [0, 0.1) is 0 Å². The van der Waals surface area contributed by atoms with Gasteiger partial charge in [-0.2, -0.15) is 0 Å². The van der Waals surface area contributed by atoms with Crippen molar-refractivity contribution in [2.24, 2.45) is 0 Å². The number of benzene rings is 1. The van der Waals surface area contributed by atoms with Gasteiger partial charge >= 0.3 is 5.97 Å². The zero-order valence-electron chi connectivity index (χ0n) is 13.7. The summed E-state index contributed by atoms with van der Waals surface area (Å²) in [4.78, 5) is 34.8. The Balaban J connectivity index is 1.85. The first-order valence-electron chi connectivity index (χ1n) is 7.65. The molecule has 1 aromatic heterocycles. The van der Waals surface area contributed by atoms with E-state index in [-0.39, 0.29) is 12.5 Å². The van der Waals surface area contributed by atoms with Crippen LogP contribution in [0.2, 0.25) is 0 Å². The second-order valence-corrected chi connectivity index (χ2v) is 4.91. The lowest BCUT2D eigenvalue weighted by molar-refractivity contribution is -0.137. The van der Waals surface area contributed by atoms with Gasteiger partial charge in [-0.15, -0.1) is 0 Å². The molecule has 25 heavy (non-hydrogen) atoms. The molecule has 2 amide bonds. The molecule has 2 rings (SSSR count). The minimum absolute atomic E-state index is 0.244. The van der Waals surface area contributed by atoms with E-state index in [1.165, 1.54) is 6.26 Å². The summed E-state index contributed by atoms with van der Waals surface area (Å²) >= 11 is 0. The molecule has 0 spiro atoms. The maximum Gasteiger partial charge on any atom is 0.330 e. The van der Waals surface area contributed by atoms with Gasteiger partial charge in [0.25, 0.3) is 5.91 Å². The van der Waals surface area contributed by atoms with E-state index < -0.39 is 11.9 Å². The monoisotopic (exact) mass is 342 g/mol. The average molecular weight is 342 g/mol. The Kier molecular flexibility index (Phi) is 6.53. The smallest absolute Gasteiger partial charge is 0.330 e. The zero-order chi connectivity index (χ0) is 18.1. The summed E-state index contributed by atoms with van der Waals surface area (Å²) < 4.78 is 9.81. The molecule has 0 bridgehead atoms. The molecule has 0 fully saturated rings. The van der Waals surface area contributed by atoms with E-state index in [0.717, 1.165) is 12.2 Å². The third-order valence-corrected chi connectivity index (χ3v) is 3.08. The van der Waals surface area contributed by atoms with E-state index in [2.05, 4.69) is 15.4 Å². The third-order valence-electron chi connectivity index (χ3n) is 3.08. The maximum atomic E-state index is 12.0. The van der Waals surface area contributed by atoms with Gasteiger partial charge < -0.3 is 19.8 Å². The van der Waals surface area contributed by atoms with Crippen LogP contribution in [0.4, 0.5) is 5.69 Å². The molecule has 130 valence electrons. The first-order chi connectivity index (χ1) is 12.1. The van der Waals surface area contributed by atoms with Crippen molar-refractivity contribution in [3.8, 4) is 0 Å². The number of ether oxygens (including phenoxy) is 1. The van der Waals surface area contributed by atoms with Crippen LogP contribution in [-0.2, 0) is 20.9 Å². The molecule has 2 N–H and O–H groups in total. The van der Waals surface area contributed by atoms with Gasteiger partial charge in [0.1, 0.15) is 5.76 Å². The van der Waals surface area contributed by atoms with Crippen molar-refractivity contribution < 1.29 is 23.5 Å². The van der Waals surface area contributed by atoms with E-state index in [1.807, 2.05) is 0 Å². The van der Waals surface area contributed by atoms with E-state index in [1.54, 1.807) is 43.3 Å². The molecule has 0 saturated carbocycles. The van der Waals surface area contributed by atoms with Crippen LogP contribution in [0.3, 0.4) is 0 Å². The molecule has 1 heterocycles. The lowest BCUT2D eigenvalue weighted by Gasteiger charge is -2.05. The molecule has 0 saturated heterocycles. The number of carbonyl (C=O) groups is 3. The van der Waals surface area contributed by atoms with Gasteiger partial charge in [-0.25, -0.2) is 4.79 Å². The van der Waals surface area contributed by atoms with Crippen molar-refractivity contribution in [3.05, 3.63) is 66.1 Å². The van der Waals surface area contributed by atoms with E-state index in [0.29, 0.717) is 23.6 Å². The van der Waals surface area contributed by atoms with Crippen molar-refractivity contribution in [2.45, 2.75) is 13.5 Å². The number of amides is 2. The van der Waals surface area contributed by atoms with Crippen LogP contribution in [0.15, 0.2) is 59.2 Å². The zero-order valence-corrected chi connectivity index (χ0v) is 13.7. The van der Waals surface area contributed by atoms with Gasteiger partial charge in [0.2, 0.25) is 5.91 Å². The highest BCUT2D eigenvalue weighted by atomic mass is 16.5. The summed E-state index contributed by atoms with van der Waals surface area (Å²) in [6.45, 7) is 2.22. The Hall–Kier alpha value is -3.35. The summed E-state index contributed by atoms with van der Waals surface area (Å²) in [7, 11) is 0. The second kappa shape index (κ2) is 9.07. The lowest BCUT2D eigenvalue weighted by atomic mass is 10.2. The van der Waals surface area contributed by atoms with Crippen LogP contribution < -0.4 is 10.6 Å². The van der Waals surface area contributed by atoms with Gasteiger partial charge in [-0.05, 0) is 43.3 Å². The van der Waals surface area contributed by atoms with Crippen molar-refractivity contribution in [1.29, 1.82) is 0 Å². The van der Waals surface area contributed by atoms with Gasteiger partial charge in [0.15, 0.2) is 0 Å². The Labute approximate surface area is 144 Å². The SMILES string of the molecule is CCOC(=O)/C=C/C(=O)Nc1ccc(C(=O)NCc2ccco2)cc1. The summed E-state index contributed by atoms with van der Waals surface area (Å²) in [6.07, 6.45) is 3.67. The number of carbonyl (C=O) groups excluding carboxylic acids is 3. The fourth-order valence-electron chi connectivity index (χ4n) is 1.91. The quantitative estimate of drug-likeness (QED) is 0.594. The van der Waals surface area contributed by atoms with E-state index >= 15 is 0 Å². The summed E-state index contributed by atoms with van der Waals surface area (Å²) in [5, 5.41) is 5.30. The number of hydrogen-bond donors (Lipinski definition) is 2. The molecule has 1 aromatic carbocycles. The summed E-state index contributed by atoms with van der Waals surface area (Å²) in [6, 6.07) is 9.87. The fraction of sp³-hybridized carbons (Fsp3) is 0.167. The minimum atomic E-state index is -0.582. The lowest BCUT2D eigenvalue weighted by Crippen LogP contribution is -2.22. The molecule has 2 aromatic rings. The van der Waals surface area contributed by atoms with Crippen LogP contribution in [0.1, 0.15) is 23.0 Å². The van der Waals surface area contributed by atoms with Gasteiger partial charge in [0, 0.05) is 23.4 Å². The van der Waals surface area contributed by atoms with Gasteiger partial charge in [-0.1, -0.05) is 0 Å². The van der Waals surface area contributed by atoms with Crippen molar-refractivity contribution in [3.63, 3.8) is 0 Å². The van der Waals surface area contributed by atoms with Crippen molar-refractivity contribution in [2.75, 3.05) is 11.9 Å². The largest absolute Gasteiger partial charge is 0.467 e. The Bertz CT molecular complexity index is 748. The molecule has 0 aliphatic rings. The van der Waals surface area contributed by atoms with Crippen molar-refractivity contribution in [1.82, 2.24) is 5.32 Å². The molecule has 0 atom stereocenters. The Morgan fingerprint density at radius 2 is 1.88 bits per heavy atom. The Morgan fingerprint density at radius 1 is 1.12 bits per heavy atom. The topological polar surface area (TPSA) is 97.6 Å². The highest BCUT2D eigenvalue weighted by Crippen LogP contribution is 2.10. The molecule has 0 aliphatic heterocycles. The molecule has 7 heteroatoms. The van der Waals surface area contributed by atoms with Crippen LogP contribution in [0.25, 0.3) is 0 Å². The fourth-order valence-corrected chi connectivity index (χ4v) is 1.91. The second-order valence-electron chi connectivity index (χ2n) is 4.91. The maximum absolute atomic E-state index is 12.0. The minimum Gasteiger partial charge on any atom is -0.467 e. The summed E-state index contributed by atoms with van der Waals surface area (Å²) in [5.74, 6) is -0.647. The highest BCUT2D eigenvalue weighted by molar-refractivity contribution is 6.03. The van der Waals surface area contributed by atoms with Crippen LogP contribution in [-0.4, -0.2) is 24.4 Å². The van der Waals surface area contributed by atoms with Crippen LogP contribution >= 0.6 is 0 Å². The van der Waals surface area contributed by atoms with E-state index in [4.69, 9.17) is 4.42 Å². The number of rotatable bonds is 7. The number of esters is 1. The first-order valence-corrected chi connectivity index (χ1v) is 7.65. The van der Waals surface area contributed by atoms with Crippen LogP contribution in [0.5, 0.6) is 0 Å². The Morgan fingerprint density at radius 3 is 2.52 bits per heavy atom. The number of nitrogens with one attached hydrogen (secondary N) is 2. The molecular weight excluding hydrogens is 324 g/mol. The van der Waals surface area contributed by atoms with Crippen molar-refractivity contribution >= 4 is 23.5 Å². The third kappa shape index (κ3) is 5.98. The number of anilines is 1. The molecule has 0 unspecified atom stereocenters. The van der Waals surface area contributed by atoms with Gasteiger partial charge in [-0.3, -0.25) is 9.59 Å². The molecule has 7 nitrogen and oxygen atoms in total. The highest BCUT2D eigenvalue weighted by Gasteiger charge is 2.07.